The Bertz CT molecular complexity index is 99.4. The van der Waals surface area contributed by atoms with Crippen molar-refractivity contribution in [2.75, 3.05) is 6.61 Å². The Morgan fingerprint density at radius 3 is 2.50 bits per heavy atom. The number of hydrogen-bond donors (Lipinski definition) is 0. The van der Waals surface area contributed by atoms with Gasteiger partial charge in [0.15, 0.2) is 6.29 Å². The van der Waals surface area contributed by atoms with Gasteiger partial charge in [-0.2, -0.15) is 4.89 Å². The molecule has 0 N–H and O–H groups in total. The summed E-state index contributed by atoms with van der Waals surface area (Å²) in [5.74, 6) is 0. The van der Waals surface area contributed by atoms with Gasteiger partial charge in [-0.1, -0.05) is 0 Å². The van der Waals surface area contributed by atoms with Crippen molar-refractivity contribution in [3.63, 3.8) is 0 Å². The van der Waals surface area contributed by atoms with E-state index in [9.17, 15) is 4.79 Å². The Morgan fingerprint density at radius 2 is 2.08 bits per heavy atom. The first-order chi connectivity index (χ1) is 4.43. The molecule has 1 unspecified atom stereocenters. The van der Waals surface area contributed by atoms with Gasteiger partial charge in [-0.15, -0.1) is 0 Å². The summed E-state index contributed by atoms with van der Waals surface area (Å²) < 4.78 is 4.93. The van der Waals surface area contributed by atoms with Gasteiger partial charge in [0.05, 0.1) is 6.61 Å². The second-order valence-electron chi connectivity index (χ2n) is 1.71. The largest absolute Gasteiger partial charge is 0.504 e. The summed E-state index contributed by atoms with van der Waals surface area (Å²) in [6.07, 6.45) is 1.36. The molecule has 1 saturated heterocycles. The normalized spacial score (nSPS) is 19.5. The number of hydrogen-bond acceptors (Lipinski definition) is 4. The van der Waals surface area contributed by atoms with Crippen molar-refractivity contribution in [1.29, 1.82) is 0 Å². The minimum absolute atomic E-state index is 0. The first kappa shape index (κ1) is 20.7. The third-order valence-corrected chi connectivity index (χ3v) is 1.08. The van der Waals surface area contributed by atoms with Crippen LogP contribution in [0.3, 0.4) is 0 Å². The van der Waals surface area contributed by atoms with Crippen LogP contribution in [-0.4, -0.2) is 122 Å². The molecule has 1 atom stereocenters. The van der Waals surface area contributed by atoms with Crippen molar-refractivity contribution >= 4 is 109 Å². The van der Waals surface area contributed by atoms with E-state index in [1.807, 2.05) is 0 Å². The molecule has 0 aromatic heterocycles. The zero-order chi connectivity index (χ0) is 6.53. The number of carbonyl (C=O) groups excluding carboxylic acids is 1. The van der Waals surface area contributed by atoms with Crippen LogP contribution in [0.4, 0.5) is 0 Å². The van der Waals surface area contributed by atoms with Gasteiger partial charge in [0.2, 0.25) is 0 Å². The van der Waals surface area contributed by atoms with Gasteiger partial charge < -0.3 is 14.4 Å². The molecular weight excluding hydrogens is 309 g/mol. The minimum Gasteiger partial charge on any atom is -0.504 e. The van der Waals surface area contributed by atoms with E-state index in [1.165, 1.54) is 0 Å². The van der Waals surface area contributed by atoms with Gasteiger partial charge in [0, 0.05) is 130 Å². The molecule has 0 aromatic carbocycles. The SMILES string of the molecule is O=[C-]OOC1CCCO1.[K].[K].[Pd]. The van der Waals surface area contributed by atoms with E-state index in [2.05, 4.69) is 9.78 Å². The number of rotatable bonds is 3. The van der Waals surface area contributed by atoms with Gasteiger partial charge in [-0.3, -0.25) is 0 Å². The van der Waals surface area contributed by atoms with Crippen LogP contribution in [0.5, 0.6) is 0 Å². The molecule has 1 fully saturated rings. The maximum Gasteiger partial charge on any atom is 0.199 e. The summed E-state index contributed by atoms with van der Waals surface area (Å²) in [5, 5.41) is 0. The van der Waals surface area contributed by atoms with Gasteiger partial charge in [0.25, 0.3) is 0 Å². The summed E-state index contributed by atoms with van der Waals surface area (Å²) in [6, 6.07) is 0. The van der Waals surface area contributed by atoms with Crippen molar-refractivity contribution in [2.24, 2.45) is 0 Å². The smallest absolute Gasteiger partial charge is 0.199 e. The second-order valence-corrected chi connectivity index (χ2v) is 1.71. The summed E-state index contributed by atoms with van der Waals surface area (Å²) in [6.45, 7) is 1.82. The molecular formula is C5H7K2O4Pd-. The van der Waals surface area contributed by atoms with Crippen molar-refractivity contribution in [1.82, 2.24) is 0 Å². The molecule has 4 nitrogen and oxygen atoms in total. The Kier molecular flexibility index (Phi) is 24.7. The number of ether oxygens (including phenoxy) is 1. The van der Waals surface area contributed by atoms with E-state index >= 15 is 0 Å². The molecule has 1 rings (SSSR count). The quantitative estimate of drug-likeness (QED) is 0.301. The maximum absolute atomic E-state index is 9.43. The van der Waals surface area contributed by atoms with Crippen molar-refractivity contribution in [3.05, 3.63) is 0 Å². The predicted molar refractivity (Wildman–Crippen MR) is 38.3 cm³/mol. The topological polar surface area (TPSA) is 44.8 Å². The van der Waals surface area contributed by atoms with E-state index in [0.717, 1.165) is 19.3 Å². The van der Waals surface area contributed by atoms with Crippen molar-refractivity contribution < 1.29 is 39.7 Å². The van der Waals surface area contributed by atoms with E-state index in [-0.39, 0.29) is 129 Å². The Balaban J connectivity index is -0.000000270. The van der Waals surface area contributed by atoms with E-state index in [0.29, 0.717) is 6.61 Å². The fourth-order valence-electron chi connectivity index (χ4n) is 0.697. The molecule has 0 amide bonds. The van der Waals surface area contributed by atoms with Crippen LogP contribution in [-0.2, 0) is 39.7 Å². The minimum atomic E-state index is -0.369. The van der Waals surface area contributed by atoms with Crippen LogP contribution in [0.25, 0.3) is 0 Å². The zero-order valence-electron chi connectivity index (χ0n) is 7.15. The second kappa shape index (κ2) is 14.3. The summed E-state index contributed by atoms with van der Waals surface area (Å²) in [4.78, 5) is 17.7. The Labute approximate surface area is 170 Å². The molecule has 0 bridgehead atoms. The first-order valence-electron chi connectivity index (χ1n) is 2.74. The maximum atomic E-state index is 9.43. The first-order valence-corrected chi connectivity index (χ1v) is 2.74. The van der Waals surface area contributed by atoms with Crippen molar-refractivity contribution in [2.45, 2.75) is 19.1 Å². The Hall–Kier alpha value is 3.33. The monoisotopic (exact) mass is 315 g/mol. The van der Waals surface area contributed by atoms with Gasteiger partial charge in [-0.25, -0.2) is 0 Å². The van der Waals surface area contributed by atoms with Crippen LogP contribution in [0.2, 0.25) is 0 Å². The van der Waals surface area contributed by atoms with Crippen LogP contribution in [0, 0.1) is 0 Å². The van der Waals surface area contributed by atoms with E-state index < -0.39 is 0 Å². The van der Waals surface area contributed by atoms with Crippen LogP contribution in [0.1, 0.15) is 12.8 Å². The standard InChI is InChI=1S/C5H7O4.2K.Pd/c6-4-8-9-5-2-1-3-7-5;;;/h5H,1-3H2;;;/q-1;;;. The summed E-state index contributed by atoms with van der Waals surface area (Å²) >= 11 is 0. The molecule has 12 heavy (non-hydrogen) atoms. The molecule has 2 radical (unpaired) electrons. The Morgan fingerprint density at radius 1 is 1.42 bits per heavy atom. The molecule has 1 heterocycles. The summed E-state index contributed by atoms with van der Waals surface area (Å²) in [7, 11) is 0. The van der Waals surface area contributed by atoms with Crippen LogP contribution in [0.15, 0.2) is 0 Å². The van der Waals surface area contributed by atoms with Gasteiger partial charge in [0.1, 0.15) is 0 Å². The zero-order valence-corrected chi connectivity index (χ0v) is 14.9. The average Bonchev–Trinajstić information content (AvgIpc) is 2.34. The van der Waals surface area contributed by atoms with Crippen LogP contribution < -0.4 is 0 Å². The van der Waals surface area contributed by atoms with E-state index in [1.54, 1.807) is 0 Å². The average molecular weight is 316 g/mol. The van der Waals surface area contributed by atoms with Gasteiger partial charge >= 0.3 is 0 Å². The fraction of sp³-hybridized carbons (Fsp3) is 0.800. The molecule has 0 spiro atoms. The van der Waals surface area contributed by atoms with E-state index in [4.69, 9.17) is 4.74 Å². The third kappa shape index (κ3) is 9.86. The van der Waals surface area contributed by atoms with Crippen LogP contribution >= 0.6 is 0 Å². The molecule has 64 valence electrons. The molecule has 7 heteroatoms. The van der Waals surface area contributed by atoms with Crippen molar-refractivity contribution in [3.8, 4) is 0 Å². The fourth-order valence-corrected chi connectivity index (χ4v) is 0.697. The molecule has 0 aliphatic carbocycles. The molecule has 0 saturated carbocycles. The molecule has 1 aliphatic rings. The van der Waals surface area contributed by atoms with Gasteiger partial charge in [-0.05, 0) is 12.9 Å². The summed E-state index contributed by atoms with van der Waals surface area (Å²) in [5.41, 5.74) is 0. The molecule has 0 aromatic rings. The molecule has 1 aliphatic heterocycles. The predicted octanol–water partition coefficient (Wildman–Crippen LogP) is -0.626. The third-order valence-electron chi connectivity index (χ3n) is 1.08.